The summed E-state index contributed by atoms with van der Waals surface area (Å²) in [5.74, 6) is 0. The Hall–Kier alpha value is -1.54. The third-order valence-electron chi connectivity index (χ3n) is 2.65. The van der Waals surface area contributed by atoms with E-state index < -0.39 is 11.7 Å². The molecule has 0 saturated heterocycles. The van der Waals surface area contributed by atoms with E-state index in [4.69, 9.17) is 4.74 Å². The van der Waals surface area contributed by atoms with Gasteiger partial charge in [0.05, 0.1) is 5.56 Å². The molecular formula is C13H16N2O2S. The molecular weight excluding hydrogens is 248 g/mol. The molecule has 0 bridgehead atoms. The van der Waals surface area contributed by atoms with E-state index in [-0.39, 0.29) is 0 Å². The van der Waals surface area contributed by atoms with Gasteiger partial charge in [0.15, 0.2) is 0 Å². The number of rotatable bonds is 1. The number of carbonyl (C=O) groups is 1. The number of hydrogen-bond acceptors (Lipinski definition) is 4. The molecule has 96 valence electrons. The van der Waals surface area contributed by atoms with Gasteiger partial charge in [-0.25, -0.2) is 4.79 Å². The van der Waals surface area contributed by atoms with Crippen molar-refractivity contribution >= 4 is 22.4 Å². The highest BCUT2D eigenvalue weighted by molar-refractivity contribution is 7.16. The molecule has 0 radical (unpaired) electrons. The van der Waals surface area contributed by atoms with Gasteiger partial charge in [0.25, 0.3) is 0 Å². The van der Waals surface area contributed by atoms with Crippen LogP contribution in [0.25, 0.3) is 0 Å². The molecule has 0 spiro atoms. The van der Waals surface area contributed by atoms with Crippen molar-refractivity contribution in [2.75, 3.05) is 5.32 Å². The number of fused-ring (bicyclic) bond motifs is 1. The first-order chi connectivity index (χ1) is 8.40. The fraction of sp³-hybridized carbons (Fsp3) is 0.538. The molecule has 0 aromatic carbocycles. The fourth-order valence-corrected chi connectivity index (χ4v) is 3.23. The van der Waals surface area contributed by atoms with Crippen molar-refractivity contribution in [2.45, 2.75) is 45.6 Å². The Morgan fingerprint density at radius 3 is 2.78 bits per heavy atom. The minimum atomic E-state index is -0.531. The standard InChI is InChI=1S/C13H16N2O2S/c1-13(2,3)17-12(16)15-11-9(7-14)8-5-4-6-10(8)18-11/h4-6H2,1-3H3,(H,15,16). The number of thiophene rings is 1. The van der Waals surface area contributed by atoms with Crippen LogP contribution in [0.5, 0.6) is 0 Å². The molecule has 5 heteroatoms. The van der Waals surface area contributed by atoms with E-state index in [0.717, 1.165) is 24.8 Å². The van der Waals surface area contributed by atoms with Gasteiger partial charge in [-0.15, -0.1) is 11.3 Å². The summed E-state index contributed by atoms with van der Waals surface area (Å²) in [6.45, 7) is 5.44. The number of anilines is 1. The highest BCUT2D eigenvalue weighted by Gasteiger charge is 2.24. The van der Waals surface area contributed by atoms with Crippen molar-refractivity contribution in [1.82, 2.24) is 0 Å². The quantitative estimate of drug-likeness (QED) is 0.845. The summed E-state index contributed by atoms with van der Waals surface area (Å²) in [7, 11) is 0. The van der Waals surface area contributed by atoms with Crippen molar-refractivity contribution in [3.63, 3.8) is 0 Å². The maximum absolute atomic E-state index is 11.7. The lowest BCUT2D eigenvalue weighted by Gasteiger charge is -2.19. The predicted octanol–water partition coefficient (Wildman–Crippen LogP) is 3.46. The Morgan fingerprint density at radius 2 is 2.17 bits per heavy atom. The second-order valence-corrected chi connectivity index (χ2v) is 6.41. The van der Waals surface area contributed by atoms with Crippen LogP contribution in [0.4, 0.5) is 9.80 Å². The average Bonchev–Trinajstić information content (AvgIpc) is 2.73. The van der Waals surface area contributed by atoms with E-state index in [2.05, 4.69) is 11.4 Å². The molecule has 0 atom stereocenters. The average molecular weight is 264 g/mol. The van der Waals surface area contributed by atoms with E-state index in [1.807, 2.05) is 20.8 Å². The van der Waals surface area contributed by atoms with E-state index in [1.54, 1.807) is 0 Å². The molecule has 1 N–H and O–H groups in total. The van der Waals surface area contributed by atoms with E-state index >= 15 is 0 Å². The number of nitrogens with one attached hydrogen (secondary N) is 1. The highest BCUT2D eigenvalue weighted by Crippen LogP contribution is 2.38. The van der Waals surface area contributed by atoms with Crippen LogP contribution >= 0.6 is 11.3 Å². The topological polar surface area (TPSA) is 62.1 Å². The van der Waals surface area contributed by atoms with Gasteiger partial charge in [-0.3, -0.25) is 5.32 Å². The summed E-state index contributed by atoms with van der Waals surface area (Å²) in [5.41, 5.74) is 1.18. The van der Waals surface area contributed by atoms with Crippen LogP contribution in [-0.2, 0) is 17.6 Å². The molecule has 0 aliphatic heterocycles. The lowest BCUT2D eigenvalue weighted by atomic mass is 10.1. The van der Waals surface area contributed by atoms with Gasteiger partial charge >= 0.3 is 6.09 Å². The molecule has 1 heterocycles. The summed E-state index contributed by atoms with van der Waals surface area (Å²) < 4.78 is 5.19. The van der Waals surface area contributed by atoms with Crippen molar-refractivity contribution in [2.24, 2.45) is 0 Å². The predicted molar refractivity (Wildman–Crippen MR) is 70.9 cm³/mol. The molecule has 0 saturated carbocycles. The number of aryl methyl sites for hydroxylation is 1. The normalized spacial score (nSPS) is 13.9. The molecule has 1 amide bonds. The van der Waals surface area contributed by atoms with Gasteiger partial charge in [0.1, 0.15) is 16.7 Å². The Bertz CT molecular complexity index is 520. The molecule has 0 unspecified atom stereocenters. The van der Waals surface area contributed by atoms with Crippen molar-refractivity contribution in [3.05, 3.63) is 16.0 Å². The zero-order chi connectivity index (χ0) is 13.3. The van der Waals surface area contributed by atoms with E-state index in [1.165, 1.54) is 16.2 Å². The third-order valence-corrected chi connectivity index (χ3v) is 3.85. The summed E-state index contributed by atoms with van der Waals surface area (Å²) in [4.78, 5) is 12.9. The first-order valence-electron chi connectivity index (χ1n) is 5.95. The second kappa shape index (κ2) is 4.62. The number of hydrogen-bond donors (Lipinski definition) is 1. The number of nitrogens with zero attached hydrogens (tertiary/aromatic N) is 1. The van der Waals surface area contributed by atoms with Gasteiger partial charge in [0.2, 0.25) is 0 Å². The zero-order valence-electron chi connectivity index (χ0n) is 10.8. The number of carbonyl (C=O) groups excluding carboxylic acids is 1. The molecule has 1 aliphatic carbocycles. The van der Waals surface area contributed by atoms with Gasteiger partial charge in [-0.05, 0) is 45.6 Å². The summed E-state index contributed by atoms with van der Waals surface area (Å²) >= 11 is 1.49. The summed E-state index contributed by atoms with van der Waals surface area (Å²) in [5, 5.41) is 12.5. The van der Waals surface area contributed by atoms with Crippen LogP contribution in [0.1, 0.15) is 43.2 Å². The molecule has 1 aromatic rings. The smallest absolute Gasteiger partial charge is 0.412 e. The van der Waals surface area contributed by atoms with Gasteiger partial charge in [-0.1, -0.05) is 0 Å². The maximum Gasteiger partial charge on any atom is 0.412 e. The SMILES string of the molecule is CC(C)(C)OC(=O)Nc1sc2c(c1C#N)CCC2. The van der Waals surface area contributed by atoms with Gasteiger partial charge in [-0.2, -0.15) is 5.26 Å². The van der Waals surface area contributed by atoms with E-state index in [9.17, 15) is 10.1 Å². The van der Waals surface area contributed by atoms with Crippen molar-refractivity contribution in [3.8, 4) is 6.07 Å². The van der Waals surface area contributed by atoms with Gasteiger partial charge in [0, 0.05) is 4.88 Å². The van der Waals surface area contributed by atoms with Crippen LogP contribution in [0.3, 0.4) is 0 Å². The van der Waals surface area contributed by atoms with Crippen molar-refractivity contribution < 1.29 is 9.53 Å². The first kappa shape index (κ1) is 12.9. The van der Waals surface area contributed by atoms with Crippen LogP contribution in [0, 0.1) is 11.3 Å². The van der Waals surface area contributed by atoms with Crippen LogP contribution in [-0.4, -0.2) is 11.7 Å². The minimum absolute atomic E-state index is 0.501. The van der Waals surface area contributed by atoms with Crippen LogP contribution < -0.4 is 5.32 Å². The Labute approximate surface area is 111 Å². The van der Waals surface area contributed by atoms with Crippen molar-refractivity contribution in [1.29, 1.82) is 5.26 Å². The number of amides is 1. The molecule has 1 aliphatic rings. The van der Waals surface area contributed by atoms with Crippen LogP contribution in [0.15, 0.2) is 0 Å². The highest BCUT2D eigenvalue weighted by atomic mass is 32.1. The molecule has 18 heavy (non-hydrogen) atoms. The van der Waals surface area contributed by atoms with Crippen LogP contribution in [0.2, 0.25) is 0 Å². The lowest BCUT2D eigenvalue weighted by molar-refractivity contribution is 0.0636. The number of ether oxygens (including phenoxy) is 1. The fourth-order valence-electron chi connectivity index (χ4n) is 2.01. The third kappa shape index (κ3) is 2.65. The van der Waals surface area contributed by atoms with Gasteiger partial charge < -0.3 is 4.74 Å². The Kier molecular flexibility index (Phi) is 3.31. The summed E-state index contributed by atoms with van der Waals surface area (Å²) in [6, 6.07) is 2.18. The minimum Gasteiger partial charge on any atom is -0.444 e. The largest absolute Gasteiger partial charge is 0.444 e. The maximum atomic E-state index is 11.7. The monoisotopic (exact) mass is 264 g/mol. The molecule has 4 nitrogen and oxygen atoms in total. The second-order valence-electron chi connectivity index (χ2n) is 5.30. The molecule has 2 rings (SSSR count). The number of nitriles is 1. The zero-order valence-corrected chi connectivity index (χ0v) is 11.6. The van der Waals surface area contributed by atoms with E-state index in [0.29, 0.717) is 10.6 Å². The Balaban J connectivity index is 2.16. The lowest BCUT2D eigenvalue weighted by Crippen LogP contribution is -2.27. The Morgan fingerprint density at radius 1 is 1.44 bits per heavy atom. The first-order valence-corrected chi connectivity index (χ1v) is 6.77. The molecule has 0 fully saturated rings. The molecule has 1 aromatic heterocycles. The summed E-state index contributed by atoms with van der Waals surface area (Å²) in [6.07, 6.45) is 2.54.